The van der Waals surface area contributed by atoms with Gasteiger partial charge in [-0.1, -0.05) is 0 Å². The van der Waals surface area contributed by atoms with Crippen LogP contribution in [0.25, 0.3) is 0 Å². The summed E-state index contributed by atoms with van der Waals surface area (Å²) in [4.78, 5) is 14.5. The molecule has 0 heterocycles. The predicted octanol–water partition coefficient (Wildman–Crippen LogP) is 3.77. The molecule has 2 rings (SSSR count). The van der Waals surface area contributed by atoms with E-state index in [1.165, 1.54) is 0 Å². The molecule has 0 fully saturated rings. The SMILES string of the molecule is CCOc1ccc(C(=O)N(C)Cc2ccc(OC)cc2OC)cc1OCC. The molecule has 0 unspecified atom stereocenters. The zero-order valence-electron chi connectivity index (χ0n) is 16.6. The molecule has 0 saturated heterocycles. The summed E-state index contributed by atoms with van der Waals surface area (Å²) in [6, 6.07) is 10.8. The van der Waals surface area contributed by atoms with Crippen molar-refractivity contribution in [3.63, 3.8) is 0 Å². The molecule has 146 valence electrons. The molecule has 0 bridgehead atoms. The van der Waals surface area contributed by atoms with Gasteiger partial charge in [-0.05, 0) is 44.2 Å². The van der Waals surface area contributed by atoms with E-state index < -0.39 is 0 Å². The maximum absolute atomic E-state index is 12.9. The van der Waals surface area contributed by atoms with Gasteiger partial charge in [-0.25, -0.2) is 0 Å². The van der Waals surface area contributed by atoms with Crippen molar-refractivity contribution in [2.45, 2.75) is 20.4 Å². The topological polar surface area (TPSA) is 57.2 Å². The van der Waals surface area contributed by atoms with Crippen molar-refractivity contribution in [3.05, 3.63) is 47.5 Å². The molecule has 0 aromatic heterocycles. The molecule has 6 nitrogen and oxygen atoms in total. The second-order valence-corrected chi connectivity index (χ2v) is 5.87. The Hall–Kier alpha value is -2.89. The van der Waals surface area contributed by atoms with Crippen molar-refractivity contribution < 1.29 is 23.7 Å². The third-order valence-electron chi connectivity index (χ3n) is 4.04. The Morgan fingerprint density at radius 3 is 2.22 bits per heavy atom. The van der Waals surface area contributed by atoms with Crippen LogP contribution in [0.15, 0.2) is 36.4 Å². The van der Waals surface area contributed by atoms with E-state index in [9.17, 15) is 4.79 Å². The molecule has 1 amide bonds. The van der Waals surface area contributed by atoms with Crippen LogP contribution in [0, 0.1) is 0 Å². The Morgan fingerprint density at radius 2 is 1.59 bits per heavy atom. The second-order valence-electron chi connectivity index (χ2n) is 5.87. The normalized spacial score (nSPS) is 10.3. The number of rotatable bonds is 9. The second kappa shape index (κ2) is 9.71. The van der Waals surface area contributed by atoms with Crippen LogP contribution in [0.1, 0.15) is 29.8 Å². The lowest BCUT2D eigenvalue weighted by molar-refractivity contribution is 0.0783. The number of methoxy groups -OCH3 is 2. The Kier molecular flexibility index (Phi) is 7.34. The van der Waals surface area contributed by atoms with Gasteiger partial charge >= 0.3 is 0 Å². The van der Waals surface area contributed by atoms with Crippen LogP contribution in [-0.2, 0) is 6.54 Å². The number of hydrogen-bond donors (Lipinski definition) is 0. The summed E-state index contributed by atoms with van der Waals surface area (Å²) in [6.45, 7) is 5.24. The van der Waals surface area contributed by atoms with Gasteiger partial charge in [-0.3, -0.25) is 4.79 Å². The Labute approximate surface area is 160 Å². The predicted molar refractivity (Wildman–Crippen MR) is 104 cm³/mol. The first-order chi connectivity index (χ1) is 13.0. The smallest absolute Gasteiger partial charge is 0.254 e. The molecule has 0 N–H and O–H groups in total. The van der Waals surface area contributed by atoms with Gasteiger partial charge in [-0.15, -0.1) is 0 Å². The molecule has 27 heavy (non-hydrogen) atoms. The van der Waals surface area contributed by atoms with Crippen molar-refractivity contribution in [1.82, 2.24) is 4.90 Å². The molecule has 0 aliphatic rings. The van der Waals surface area contributed by atoms with Gasteiger partial charge < -0.3 is 23.8 Å². The third-order valence-corrected chi connectivity index (χ3v) is 4.04. The maximum atomic E-state index is 12.9. The van der Waals surface area contributed by atoms with Crippen molar-refractivity contribution in [2.75, 3.05) is 34.5 Å². The van der Waals surface area contributed by atoms with Crippen LogP contribution in [0.4, 0.5) is 0 Å². The molecule has 2 aromatic rings. The van der Waals surface area contributed by atoms with Gasteiger partial charge in [0.1, 0.15) is 11.5 Å². The molecule has 0 spiro atoms. The number of benzene rings is 2. The summed E-state index contributed by atoms with van der Waals surface area (Å²) in [5.74, 6) is 2.47. The molecule has 2 aromatic carbocycles. The van der Waals surface area contributed by atoms with Crippen molar-refractivity contribution in [2.24, 2.45) is 0 Å². The van der Waals surface area contributed by atoms with Gasteiger partial charge in [0.05, 0.1) is 27.4 Å². The van der Waals surface area contributed by atoms with Crippen molar-refractivity contribution in [3.8, 4) is 23.0 Å². The van der Waals surface area contributed by atoms with E-state index in [-0.39, 0.29) is 5.91 Å². The molecule has 0 atom stereocenters. The van der Waals surface area contributed by atoms with Gasteiger partial charge in [-0.2, -0.15) is 0 Å². The van der Waals surface area contributed by atoms with Gasteiger partial charge in [0.2, 0.25) is 0 Å². The monoisotopic (exact) mass is 373 g/mol. The first-order valence-corrected chi connectivity index (χ1v) is 8.90. The van der Waals surface area contributed by atoms with Crippen molar-refractivity contribution >= 4 is 5.91 Å². The quantitative estimate of drug-likeness (QED) is 0.670. The van der Waals surface area contributed by atoms with Crippen LogP contribution in [0.3, 0.4) is 0 Å². The number of ether oxygens (including phenoxy) is 4. The molecule has 0 radical (unpaired) electrons. The molecule has 6 heteroatoms. The van der Waals surface area contributed by atoms with Gasteiger partial charge in [0, 0.05) is 30.8 Å². The highest BCUT2D eigenvalue weighted by molar-refractivity contribution is 5.94. The number of carbonyl (C=O) groups is 1. The van der Waals surface area contributed by atoms with Gasteiger partial charge in [0.25, 0.3) is 5.91 Å². The van der Waals surface area contributed by atoms with Crippen molar-refractivity contribution in [1.29, 1.82) is 0 Å². The fourth-order valence-electron chi connectivity index (χ4n) is 2.71. The highest BCUT2D eigenvalue weighted by atomic mass is 16.5. The van der Waals surface area contributed by atoms with E-state index in [1.807, 2.05) is 26.0 Å². The number of hydrogen-bond acceptors (Lipinski definition) is 5. The zero-order valence-corrected chi connectivity index (χ0v) is 16.6. The number of carbonyl (C=O) groups excluding carboxylic acids is 1. The van der Waals surface area contributed by atoms with E-state index >= 15 is 0 Å². The summed E-state index contributed by atoms with van der Waals surface area (Å²) < 4.78 is 21.8. The van der Waals surface area contributed by atoms with E-state index in [2.05, 4.69) is 0 Å². The largest absolute Gasteiger partial charge is 0.497 e. The Balaban J connectivity index is 2.21. The summed E-state index contributed by atoms with van der Waals surface area (Å²) >= 11 is 0. The summed E-state index contributed by atoms with van der Waals surface area (Å²) in [5, 5.41) is 0. The zero-order chi connectivity index (χ0) is 19.8. The summed E-state index contributed by atoms with van der Waals surface area (Å²) in [7, 11) is 4.95. The lowest BCUT2D eigenvalue weighted by Gasteiger charge is -2.20. The Morgan fingerprint density at radius 1 is 0.889 bits per heavy atom. The number of amides is 1. The van der Waals surface area contributed by atoms with E-state index in [0.29, 0.717) is 48.3 Å². The standard InChI is InChI=1S/C21H27NO5/c1-6-26-18-11-9-15(12-20(18)27-7-2)21(23)22(3)14-16-8-10-17(24-4)13-19(16)25-5/h8-13H,6-7,14H2,1-5H3. The van der Waals surface area contributed by atoms with Crippen LogP contribution >= 0.6 is 0 Å². The van der Waals surface area contributed by atoms with Crippen LogP contribution in [-0.4, -0.2) is 45.3 Å². The highest BCUT2D eigenvalue weighted by Crippen LogP contribution is 2.30. The van der Waals surface area contributed by atoms with E-state index in [4.69, 9.17) is 18.9 Å². The first kappa shape index (κ1) is 20.4. The van der Waals surface area contributed by atoms with Crippen LogP contribution in [0.2, 0.25) is 0 Å². The maximum Gasteiger partial charge on any atom is 0.254 e. The lowest BCUT2D eigenvalue weighted by atomic mass is 10.1. The number of nitrogens with zero attached hydrogens (tertiary/aromatic N) is 1. The highest BCUT2D eigenvalue weighted by Gasteiger charge is 2.17. The molecule has 0 saturated carbocycles. The van der Waals surface area contributed by atoms with Gasteiger partial charge in [0.15, 0.2) is 11.5 Å². The molecular weight excluding hydrogens is 346 g/mol. The minimum atomic E-state index is -0.114. The molecular formula is C21H27NO5. The fourth-order valence-corrected chi connectivity index (χ4v) is 2.71. The van der Waals surface area contributed by atoms with Crippen LogP contribution in [0.5, 0.6) is 23.0 Å². The Bertz CT molecular complexity index is 775. The minimum Gasteiger partial charge on any atom is -0.497 e. The lowest BCUT2D eigenvalue weighted by Crippen LogP contribution is -2.26. The fraction of sp³-hybridized carbons (Fsp3) is 0.381. The average molecular weight is 373 g/mol. The molecule has 0 aliphatic carbocycles. The van der Waals surface area contributed by atoms with Crippen LogP contribution < -0.4 is 18.9 Å². The van der Waals surface area contributed by atoms with E-state index in [0.717, 1.165) is 5.56 Å². The first-order valence-electron chi connectivity index (χ1n) is 8.90. The minimum absolute atomic E-state index is 0.114. The third kappa shape index (κ3) is 5.06. The summed E-state index contributed by atoms with van der Waals surface area (Å²) in [5.41, 5.74) is 1.43. The van der Waals surface area contributed by atoms with E-state index in [1.54, 1.807) is 50.4 Å². The molecule has 0 aliphatic heterocycles. The average Bonchev–Trinajstić information content (AvgIpc) is 2.69. The summed E-state index contributed by atoms with van der Waals surface area (Å²) in [6.07, 6.45) is 0.